The molecular formula is C14H20ClNO2. The van der Waals surface area contributed by atoms with Crippen molar-refractivity contribution in [2.75, 3.05) is 20.3 Å². The van der Waals surface area contributed by atoms with Crippen molar-refractivity contribution in [3.63, 3.8) is 0 Å². The molecule has 1 aromatic rings. The summed E-state index contributed by atoms with van der Waals surface area (Å²) in [6.45, 7) is 3.37. The maximum atomic E-state index is 6.27. The fraction of sp³-hybridized carbons (Fsp3) is 0.571. The SMILES string of the molecule is COc1cc(C(C)CN)cc(Cl)c1OCC1CC1. The van der Waals surface area contributed by atoms with Crippen LogP contribution < -0.4 is 15.2 Å². The Bertz CT molecular complexity index is 419. The lowest BCUT2D eigenvalue weighted by atomic mass is 10.0. The Labute approximate surface area is 113 Å². The minimum Gasteiger partial charge on any atom is -0.493 e. The minimum atomic E-state index is 0.258. The summed E-state index contributed by atoms with van der Waals surface area (Å²) in [5, 5.41) is 0.602. The van der Waals surface area contributed by atoms with E-state index in [-0.39, 0.29) is 5.92 Å². The van der Waals surface area contributed by atoms with Gasteiger partial charge >= 0.3 is 0 Å². The third kappa shape index (κ3) is 3.09. The van der Waals surface area contributed by atoms with E-state index in [0.29, 0.717) is 29.0 Å². The zero-order valence-corrected chi connectivity index (χ0v) is 11.7. The van der Waals surface area contributed by atoms with Crippen LogP contribution in [0.15, 0.2) is 12.1 Å². The van der Waals surface area contributed by atoms with E-state index in [9.17, 15) is 0 Å². The first kappa shape index (κ1) is 13.5. The number of ether oxygens (including phenoxy) is 2. The summed E-state index contributed by atoms with van der Waals surface area (Å²) in [5.41, 5.74) is 6.76. The van der Waals surface area contributed by atoms with Crippen LogP contribution in [0, 0.1) is 5.92 Å². The highest BCUT2D eigenvalue weighted by Crippen LogP contribution is 2.39. The lowest BCUT2D eigenvalue weighted by Crippen LogP contribution is -2.09. The lowest BCUT2D eigenvalue weighted by molar-refractivity contribution is 0.280. The second-order valence-corrected chi connectivity index (χ2v) is 5.33. The van der Waals surface area contributed by atoms with Crippen LogP contribution in [0.25, 0.3) is 0 Å². The number of rotatable bonds is 6. The summed E-state index contributed by atoms with van der Waals surface area (Å²) < 4.78 is 11.1. The Morgan fingerprint density at radius 1 is 1.44 bits per heavy atom. The van der Waals surface area contributed by atoms with Crippen molar-refractivity contribution in [1.29, 1.82) is 0 Å². The van der Waals surface area contributed by atoms with Crippen molar-refractivity contribution in [2.45, 2.75) is 25.7 Å². The van der Waals surface area contributed by atoms with Crippen LogP contribution in [0.4, 0.5) is 0 Å². The molecule has 18 heavy (non-hydrogen) atoms. The first-order chi connectivity index (χ1) is 8.65. The third-order valence-corrected chi connectivity index (χ3v) is 3.62. The molecule has 0 radical (unpaired) electrons. The average Bonchev–Trinajstić information content (AvgIpc) is 3.19. The highest BCUT2D eigenvalue weighted by molar-refractivity contribution is 6.32. The molecule has 2 N–H and O–H groups in total. The molecule has 0 bridgehead atoms. The van der Waals surface area contributed by atoms with E-state index in [2.05, 4.69) is 6.92 Å². The highest BCUT2D eigenvalue weighted by Gasteiger charge is 2.23. The lowest BCUT2D eigenvalue weighted by Gasteiger charge is -2.16. The molecule has 1 aliphatic rings. The predicted molar refractivity (Wildman–Crippen MR) is 73.7 cm³/mol. The molecule has 0 aliphatic heterocycles. The van der Waals surface area contributed by atoms with Crippen molar-refractivity contribution in [3.05, 3.63) is 22.7 Å². The summed E-state index contributed by atoms with van der Waals surface area (Å²) in [5.74, 6) is 2.29. The van der Waals surface area contributed by atoms with Crippen LogP contribution in [-0.4, -0.2) is 20.3 Å². The highest BCUT2D eigenvalue weighted by atomic mass is 35.5. The van der Waals surface area contributed by atoms with Crippen LogP contribution >= 0.6 is 11.6 Å². The third-order valence-electron chi connectivity index (χ3n) is 3.33. The van der Waals surface area contributed by atoms with Gasteiger partial charge in [0.1, 0.15) is 0 Å². The second kappa shape index (κ2) is 5.81. The Hall–Kier alpha value is -0.930. The van der Waals surface area contributed by atoms with Crippen molar-refractivity contribution in [3.8, 4) is 11.5 Å². The van der Waals surface area contributed by atoms with E-state index < -0.39 is 0 Å². The summed E-state index contributed by atoms with van der Waals surface area (Å²) in [6.07, 6.45) is 2.50. The van der Waals surface area contributed by atoms with Crippen molar-refractivity contribution >= 4 is 11.6 Å². The van der Waals surface area contributed by atoms with Crippen molar-refractivity contribution < 1.29 is 9.47 Å². The molecule has 3 nitrogen and oxygen atoms in total. The van der Waals surface area contributed by atoms with E-state index in [4.69, 9.17) is 26.8 Å². The molecule has 0 aromatic heterocycles. The van der Waals surface area contributed by atoms with Gasteiger partial charge in [0.2, 0.25) is 0 Å². The molecule has 0 heterocycles. The summed E-state index contributed by atoms with van der Waals surface area (Å²) in [4.78, 5) is 0. The van der Waals surface area contributed by atoms with E-state index in [1.54, 1.807) is 7.11 Å². The number of benzene rings is 1. The fourth-order valence-electron chi connectivity index (χ4n) is 1.79. The molecule has 1 saturated carbocycles. The molecule has 100 valence electrons. The standard InChI is InChI=1S/C14H20ClNO2/c1-9(7-16)11-5-12(15)14(13(6-11)17-2)18-8-10-3-4-10/h5-6,9-10H,3-4,7-8,16H2,1-2H3. The molecule has 0 amide bonds. The van der Waals surface area contributed by atoms with Gasteiger partial charge in [-0.05, 0) is 48.9 Å². The summed E-state index contributed by atoms with van der Waals surface area (Å²) in [6, 6.07) is 3.88. The molecule has 1 fully saturated rings. The smallest absolute Gasteiger partial charge is 0.179 e. The Morgan fingerprint density at radius 2 is 2.17 bits per heavy atom. The quantitative estimate of drug-likeness (QED) is 0.863. The summed E-state index contributed by atoms with van der Waals surface area (Å²) >= 11 is 6.27. The van der Waals surface area contributed by atoms with Gasteiger partial charge in [0, 0.05) is 0 Å². The maximum Gasteiger partial charge on any atom is 0.179 e. The zero-order chi connectivity index (χ0) is 13.1. The van der Waals surface area contributed by atoms with E-state index in [1.165, 1.54) is 12.8 Å². The van der Waals surface area contributed by atoms with Crippen LogP contribution in [0.1, 0.15) is 31.2 Å². The van der Waals surface area contributed by atoms with Gasteiger partial charge in [-0.15, -0.1) is 0 Å². The molecular weight excluding hydrogens is 250 g/mol. The summed E-state index contributed by atoms with van der Waals surface area (Å²) in [7, 11) is 1.63. The fourth-order valence-corrected chi connectivity index (χ4v) is 2.06. The van der Waals surface area contributed by atoms with Gasteiger partial charge in [0.05, 0.1) is 18.7 Å². The second-order valence-electron chi connectivity index (χ2n) is 4.93. The first-order valence-electron chi connectivity index (χ1n) is 6.36. The van der Waals surface area contributed by atoms with Gasteiger partial charge < -0.3 is 15.2 Å². The molecule has 2 rings (SSSR count). The normalized spacial score (nSPS) is 16.4. The average molecular weight is 270 g/mol. The van der Waals surface area contributed by atoms with E-state index >= 15 is 0 Å². The predicted octanol–water partition coefficient (Wildman–Crippen LogP) is 3.20. The van der Waals surface area contributed by atoms with Crippen LogP contribution in [0.5, 0.6) is 11.5 Å². The number of hydrogen-bond acceptors (Lipinski definition) is 3. The molecule has 0 spiro atoms. The Morgan fingerprint density at radius 3 is 2.72 bits per heavy atom. The Balaban J connectivity index is 2.21. The number of methoxy groups -OCH3 is 1. The molecule has 1 atom stereocenters. The first-order valence-corrected chi connectivity index (χ1v) is 6.73. The van der Waals surface area contributed by atoms with E-state index in [0.717, 1.165) is 12.2 Å². The van der Waals surface area contributed by atoms with Crippen LogP contribution in [-0.2, 0) is 0 Å². The molecule has 1 aromatic carbocycles. The zero-order valence-electron chi connectivity index (χ0n) is 10.9. The number of hydrogen-bond donors (Lipinski definition) is 1. The molecule has 0 saturated heterocycles. The number of nitrogens with two attached hydrogens (primary N) is 1. The largest absolute Gasteiger partial charge is 0.493 e. The van der Waals surface area contributed by atoms with Gasteiger partial charge in [-0.2, -0.15) is 0 Å². The van der Waals surface area contributed by atoms with Gasteiger partial charge in [0.15, 0.2) is 11.5 Å². The molecule has 1 unspecified atom stereocenters. The van der Waals surface area contributed by atoms with Crippen LogP contribution in [0.2, 0.25) is 5.02 Å². The van der Waals surface area contributed by atoms with Gasteiger partial charge in [-0.1, -0.05) is 18.5 Å². The molecule has 1 aliphatic carbocycles. The van der Waals surface area contributed by atoms with Crippen LogP contribution in [0.3, 0.4) is 0 Å². The van der Waals surface area contributed by atoms with Gasteiger partial charge in [-0.25, -0.2) is 0 Å². The van der Waals surface area contributed by atoms with E-state index in [1.807, 2.05) is 12.1 Å². The topological polar surface area (TPSA) is 44.5 Å². The van der Waals surface area contributed by atoms with Crippen molar-refractivity contribution in [1.82, 2.24) is 0 Å². The maximum absolute atomic E-state index is 6.27. The minimum absolute atomic E-state index is 0.258. The van der Waals surface area contributed by atoms with Gasteiger partial charge in [-0.3, -0.25) is 0 Å². The Kier molecular flexibility index (Phi) is 4.36. The monoisotopic (exact) mass is 269 g/mol. The number of halogens is 1. The van der Waals surface area contributed by atoms with Crippen molar-refractivity contribution in [2.24, 2.45) is 11.7 Å². The van der Waals surface area contributed by atoms with Gasteiger partial charge in [0.25, 0.3) is 0 Å². The molecule has 4 heteroatoms.